The van der Waals surface area contributed by atoms with Crippen LogP contribution < -0.4 is 10.2 Å². The first-order valence-corrected chi connectivity index (χ1v) is 11.9. The fraction of sp³-hybridized carbons (Fsp3) is 0.167. The Morgan fingerprint density at radius 3 is 2.48 bits per heavy atom. The molecule has 3 aromatic rings. The van der Waals surface area contributed by atoms with Crippen LogP contribution in [0.25, 0.3) is 0 Å². The second kappa shape index (κ2) is 11.1. The summed E-state index contributed by atoms with van der Waals surface area (Å²) in [5.74, 6) is -0.389. The van der Waals surface area contributed by atoms with E-state index in [1.165, 1.54) is 19.4 Å². The van der Waals surface area contributed by atoms with Crippen LogP contribution in [0.5, 0.6) is 5.75 Å². The number of hydrazone groups is 1. The van der Waals surface area contributed by atoms with Gasteiger partial charge < -0.3 is 4.74 Å². The highest BCUT2D eigenvalue weighted by Gasteiger charge is 2.30. The van der Waals surface area contributed by atoms with E-state index in [1.807, 2.05) is 6.07 Å². The van der Waals surface area contributed by atoms with Gasteiger partial charge in [-0.2, -0.15) is 9.41 Å². The second-order valence-corrected chi connectivity index (χ2v) is 9.54. The molecule has 0 atom stereocenters. The van der Waals surface area contributed by atoms with Crippen molar-refractivity contribution >= 4 is 33.7 Å². The average molecular weight is 486 g/mol. The second-order valence-electron chi connectivity index (χ2n) is 7.23. The molecule has 0 bridgehead atoms. The van der Waals surface area contributed by atoms with Crippen molar-refractivity contribution in [1.29, 1.82) is 0 Å². The highest BCUT2D eigenvalue weighted by atomic mass is 35.5. The maximum atomic E-state index is 13.6. The molecule has 9 heteroatoms. The van der Waals surface area contributed by atoms with Crippen LogP contribution in [0.15, 0.2) is 82.8 Å². The van der Waals surface area contributed by atoms with Gasteiger partial charge in [-0.1, -0.05) is 66.2 Å². The van der Waals surface area contributed by atoms with Gasteiger partial charge in [0.25, 0.3) is 5.91 Å². The predicted molar refractivity (Wildman–Crippen MR) is 129 cm³/mol. The number of aryl methyl sites for hydroxylation is 1. The van der Waals surface area contributed by atoms with Crippen molar-refractivity contribution in [3.63, 3.8) is 0 Å². The van der Waals surface area contributed by atoms with Crippen LogP contribution in [-0.2, 0) is 21.4 Å². The molecule has 7 nitrogen and oxygen atoms in total. The van der Waals surface area contributed by atoms with E-state index in [2.05, 4.69) is 10.5 Å². The van der Waals surface area contributed by atoms with E-state index >= 15 is 0 Å². The molecule has 0 aliphatic heterocycles. The Morgan fingerprint density at radius 2 is 1.79 bits per heavy atom. The lowest BCUT2D eigenvalue weighted by Crippen LogP contribution is -2.39. The number of amides is 1. The van der Waals surface area contributed by atoms with E-state index in [-0.39, 0.29) is 17.2 Å². The number of carbonyl (C=O) groups excluding carboxylic acids is 1. The van der Waals surface area contributed by atoms with Crippen molar-refractivity contribution in [3.8, 4) is 5.75 Å². The van der Waals surface area contributed by atoms with Crippen LogP contribution in [0, 0.1) is 6.92 Å². The van der Waals surface area contributed by atoms with E-state index in [0.29, 0.717) is 10.6 Å². The van der Waals surface area contributed by atoms with Crippen LogP contribution in [0.4, 0.5) is 0 Å². The molecule has 0 radical (unpaired) electrons. The third kappa shape index (κ3) is 6.41. The number of sulfonamides is 1. The van der Waals surface area contributed by atoms with Crippen LogP contribution in [0.2, 0.25) is 5.02 Å². The highest BCUT2D eigenvalue weighted by Crippen LogP contribution is 2.28. The molecule has 0 unspecified atom stereocenters. The first-order chi connectivity index (χ1) is 15.8. The molecule has 33 heavy (non-hydrogen) atoms. The van der Waals surface area contributed by atoms with Gasteiger partial charge in [0, 0.05) is 17.1 Å². The zero-order chi connectivity index (χ0) is 23.8. The van der Waals surface area contributed by atoms with Gasteiger partial charge in [-0.05, 0) is 36.2 Å². The van der Waals surface area contributed by atoms with Crippen molar-refractivity contribution in [2.45, 2.75) is 18.4 Å². The summed E-state index contributed by atoms with van der Waals surface area (Å²) in [5, 5.41) is 4.39. The van der Waals surface area contributed by atoms with Gasteiger partial charge in [-0.3, -0.25) is 4.79 Å². The van der Waals surface area contributed by atoms with E-state index in [4.69, 9.17) is 16.3 Å². The molecule has 172 valence electrons. The maximum absolute atomic E-state index is 13.6. The number of rotatable bonds is 9. The number of hydrogen-bond donors (Lipinski definition) is 1. The largest absolute Gasteiger partial charge is 0.495 e. The molecule has 0 spiro atoms. The maximum Gasteiger partial charge on any atom is 0.255 e. The van der Waals surface area contributed by atoms with E-state index in [0.717, 1.165) is 15.4 Å². The lowest BCUT2D eigenvalue weighted by Gasteiger charge is -2.23. The SMILES string of the molecule is COc1ccc(C)cc1S(=O)(=O)N(CC(=O)N/N=C/c1ccccc1Cl)Cc1ccccc1. The Hall–Kier alpha value is -3.20. The van der Waals surface area contributed by atoms with Gasteiger partial charge in [0.15, 0.2) is 0 Å². The standard InChI is InChI=1S/C24H24ClN3O4S/c1-18-12-13-22(32-2)23(14-18)33(30,31)28(16-19-8-4-3-5-9-19)17-24(29)27-26-15-20-10-6-7-11-21(20)25/h3-15H,16-17H2,1-2H3,(H,27,29)/b26-15+. The van der Waals surface area contributed by atoms with Gasteiger partial charge in [0.2, 0.25) is 10.0 Å². The smallest absolute Gasteiger partial charge is 0.255 e. The molecular weight excluding hydrogens is 462 g/mol. The number of benzene rings is 3. The van der Waals surface area contributed by atoms with Crippen LogP contribution in [0.1, 0.15) is 16.7 Å². The van der Waals surface area contributed by atoms with Crippen LogP contribution in [0.3, 0.4) is 0 Å². The summed E-state index contributed by atoms with van der Waals surface area (Å²) in [6, 6.07) is 20.9. The lowest BCUT2D eigenvalue weighted by molar-refractivity contribution is -0.121. The van der Waals surface area contributed by atoms with Gasteiger partial charge in [-0.15, -0.1) is 0 Å². The minimum absolute atomic E-state index is 0.00190. The Labute approximate surface area is 198 Å². The van der Waals surface area contributed by atoms with Crippen molar-refractivity contribution < 1.29 is 17.9 Å². The molecule has 1 N–H and O–H groups in total. The number of nitrogens with one attached hydrogen (secondary N) is 1. The molecule has 0 heterocycles. The first kappa shape index (κ1) is 24.4. The molecule has 3 aromatic carbocycles. The Balaban J connectivity index is 1.86. The summed E-state index contributed by atoms with van der Waals surface area (Å²) in [6.07, 6.45) is 1.40. The van der Waals surface area contributed by atoms with Gasteiger partial charge in [0.05, 0.1) is 19.9 Å². The fourth-order valence-electron chi connectivity index (χ4n) is 3.09. The summed E-state index contributed by atoms with van der Waals surface area (Å²) in [6.45, 7) is 1.35. The minimum atomic E-state index is -4.07. The molecule has 0 aliphatic rings. The normalized spacial score (nSPS) is 11.6. The van der Waals surface area contributed by atoms with Gasteiger partial charge >= 0.3 is 0 Å². The number of halogens is 1. The van der Waals surface area contributed by atoms with E-state index in [1.54, 1.807) is 67.6 Å². The molecule has 3 rings (SSSR count). The Kier molecular flexibility index (Phi) is 8.21. The molecule has 0 saturated heterocycles. The zero-order valence-electron chi connectivity index (χ0n) is 18.2. The third-order valence-corrected chi connectivity index (χ3v) is 6.91. The van der Waals surface area contributed by atoms with E-state index in [9.17, 15) is 13.2 Å². The highest BCUT2D eigenvalue weighted by molar-refractivity contribution is 7.89. The summed E-state index contributed by atoms with van der Waals surface area (Å²) < 4.78 is 33.5. The number of ether oxygens (including phenoxy) is 1. The topological polar surface area (TPSA) is 88.1 Å². The quantitative estimate of drug-likeness (QED) is 0.366. The molecule has 0 fully saturated rings. The van der Waals surface area contributed by atoms with Crippen LogP contribution in [-0.4, -0.2) is 38.5 Å². The van der Waals surface area contributed by atoms with E-state index < -0.39 is 22.5 Å². The monoisotopic (exact) mass is 485 g/mol. The average Bonchev–Trinajstić information content (AvgIpc) is 2.80. The number of methoxy groups -OCH3 is 1. The number of hydrogen-bond acceptors (Lipinski definition) is 5. The van der Waals surface area contributed by atoms with Crippen molar-refractivity contribution in [2.75, 3.05) is 13.7 Å². The lowest BCUT2D eigenvalue weighted by atomic mass is 10.2. The van der Waals surface area contributed by atoms with Gasteiger partial charge in [0.1, 0.15) is 10.6 Å². The van der Waals surface area contributed by atoms with Gasteiger partial charge in [-0.25, -0.2) is 13.8 Å². The van der Waals surface area contributed by atoms with Crippen molar-refractivity contribution in [2.24, 2.45) is 5.10 Å². The summed E-state index contributed by atoms with van der Waals surface area (Å²) >= 11 is 6.08. The molecular formula is C24H24ClN3O4S. The number of carbonyl (C=O) groups is 1. The zero-order valence-corrected chi connectivity index (χ0v) is 19.8. The predicted octanol–water partition coefficient (Wildman–Crippen LogP) is 4.00. The summed E-state index contributed by atoms with van der Waals surface area (Å²) in [7, 11) is -2.66. The van der Waals surface area contributed by atoms with Crippen molar-refractivity contribution in [3.05, 3.63) is 94.5 Å². The molecule has 0 saturated carbocycles. The Morgan fingerprint density at radius 1 is 1.09 bits per heavy atom. The molecule has 1 amide bonds. The number of nitrogens with zero attached hydrogens (tertiary/aromatic N) is 2. The Bertz CT molecular complexity index is 1250. The summed E-state index contributed by atoms with van der Waals surface area (Å²) in [5.41, 5.74) is 4.48. The molecule has 0 aliphatic carbocycles. The minimum Gasteiger partial charge on any atom is -0.495 e. The van der Waals surface area contributed by atoms with Crippen LogP contribution >= 0.6 is 11.6 Å². The first-order valence-electron chi connectivity index (χ1n) is 10.1. The third-order valence-electron chi connectivity index (χ3n) is 4.76. The van der Waals surface area contributed by atoms with Crippen molar-refractivity contribution in [1.82, 2.24) is 9.73 Å². The fourth-order valence-corrected chi connectivity index (χ4v) is 4.90. The molecule has 0 aromatic heterocycles. The summed E-state index contributed by atoms with van der Waals surface area (Å²) in [4.78, 5) is 12.6.